The molecule has 4 heterocycles. The van der Waals surface area contributed by atoms with Gasteiger partial charge in [-0.05, 0) is 18.6 Å². The lowest BCUT2D eigenvalue weighted by molar-refractivity contribution is -0.144. The van der Waals surface area contributed by atoms with Crippen molar-refractivity contribution in [2.75, 3.05) is 5.73 Å². The van der Waals surface area contributed by atoms with Crippen LogP contribution in [-0.2, 0) is 6.18 Å². The molecule has 0 saturated heterocycles. The molecule has 1 aromatic carbocycles. The maximum Gasteiger partial charge on any atom is 0.451 e. The van der Waals surface area contributed by atoms with Crippen molar-refractivity contribution in [3.63, 3.8) is 0 Å². The number of benzene rings is 1. The van der Waals surface area contributed by atoms with Crippen molar-refractivity contribution in [2.24, 2.45) is 0 Å². The molecule has 1 atom stereocenters. The average molecular weight is 500 g/mol. The van der Waals surface area contributed by atoms with E-state index in [-0.39, 0.29) is 17.5 Å². The summed E-state index contributed by atoms with van der Waals surface area (Å²) in [6, 6.07) is 2.83. The lowest BCUT2D eigenvalue weighted by Crippen LogP contribution is -2.10. The van der Waals surface area contributed by atoms with Crippen molar-refractivity contribution >= 4 is 16.9 Å². The molecule has 13 heteroatoms. The van der Waals surface area contributed by atoms with E-state index >= 15 is 0 Å². The second-order valence-electron chi connectivity index (χ2n) is 7.94. The minimum atomic E-state index is -4.67. The second-order valence-corrected chi connectivity index (χ2v) is 7.94. The van der Waals surface area contributed by atoms with Gasteiger partial charge in [0, 0.05) is 47.5 Å². The Labute approximate surface area is 200 Å². The van der Waals surface area contributed by atoms with E-state index in [0.717, 1.165) is 24.5 Å². The van der Waals surface area contributed by atoms with Gasteiger partial charge in [0.1, 0.15) is 29.3 Å². The Kier molecular flexibility index (Phi) is 5.61. The van der Waals surface area contributed by atoms with Gasteiger partial charge in [0.15, 0.2) is 5.82 Å². The number of alkyl halides is 3. The number of halogens is 5. The van der Waals surface area contributed by atoms with E-state index < -0.39 is 23.6 Å². The highest BCUT2D eigenvalue weighted by molar-refractivity contribution is 6.00. The molecular weight excluding hydrogens is 483 g/mol. The zero-order valence-corrected chi connectivity index (χ0v) is 18.6. The Bertz CT molecular complexity index is 1560. The van der Waals surface area contributed by atoms with Crippen LogP contribution >= 0.6 is 0 Å². The Balaban J connectivity index is 1.61. The molecule has 0 aliphatic carbocycles. The first-order valence-corrected chi connectivity index (χ1v) is 10.7. The van der Waals surface area contributed by atoms with E-state index in [1.54, 1.807) is 23.2 Å². The Hall–Kier alpha value is -4.42. The third kappa shape index (κ3) is 4.01. The highest BCUT2D eigenvalue weighted by Gasteiger charge is 2.34. The van der Waals surface area contributed by atoms with Crippen LogP contribution in [0.15, 0.2) is 55.5 Å². The topological polar surface area (TPSA) is 100 Å². The van der Waals surface area contributed by atoms with Crippen molar-refractivity contribution in [3.05, 3.63) is 78.5 Å². The molecule has 2 N–H and O–H groups in total. The lowest BCUT2D eigenvalue weighted by Gasteiger charge is -2.16. The molecule has 5 aromatic rings. The quantitative estimate of drug-likeness (QED) is 0.343. The van der Waals surface area contributed by atoms with Gasteiger partial charge >= 0.3 is 6.18 Å². The molecule has 0 bridgehead atoms. The Morgan fingerprint density at radius 3 is 2.42 bits per heavy atom. The molecule has 0 aliphatic rings. The predicted molar refractivity (Wildman–Crippen MR) is 120 cm³/mol. The van der Waals surface area contributed by atoms with Crippen LogP contribution in [-0.4, -0.2) is 34.3 Å². The zero-order valence-electron chi connectivity index (χ0n) is 18.6. The molecule has 5 rings (SSSR count). The van der Waals surface area contributed by atoms with Crippen LogP contribution in [0.5, 0.6) is 0 Å². The van der Waals surface area contributed by atoms with Crippen LogP contribution in [0.1, 0.15) is 30.8 Å². The number of hydrogen-bond donors (Lipinski definition) is 1. The molecule has 0 aliphatic heterocycles. The maximum atomic E-state index is 14.3. The number of rotatable bonds is 5. The van der Waals surface area contributed by atoms with Crippen LogP contribution in [0.2, 0.25) is 0 Å². The first kappa shape index (κ1) is 23.3. The molecule has 0 radical (unpaired) electrons. The van der Waals surface area contributed by atoms with E-state index in [1.165, 1.54) is 17.1 Å². The summed E-state index contributed by atoms with van der Waals surface area (Å²) >= 11 is 0. The SMILES string of the molecule is CCC(c1cnn(-c2ccc(F)cc2F)c1)n1cc(-c2cnc(C(F)(F)F)nc2)c2c(N)ncnc21. The van der Waals surface area contributed by atoms with Crippen LogP contribution in [0, 0.1) is 11.6 Å². The standard InChI is InChI=1S/C23H17F5N8/c1-2-17(13-8-34-36(9-13)18-4-3-14(24)5-16(18)25)35-10-15(19-20(29)32-11-33-21(19)35)12-6-30-22(31-7-12)23(26,27)28/h3-11,17H,2H2,1H3,(H2,29,32,33). The molecule has 0 amide bonds. The minimum Gasteiger partial charge on any atom is -0.383 e. The number of fused-ring (bicyclic) bond motifs is 1. The summed E-state index contributed by atoms with van der Waals surface area (Å²) in [5.74, 6) is -2.60. The van der Waals surface area contributed by atoms with Gasteiger partial charge in [-0.1, -0.05) is 6.92 Å². The smallest absolute Gasteiger partial charge is 0.383 e. The van der Waals surface area contributed by atoms with Crippen LogP contribution in [0.3, 0.4) is 0 Å². The number of anilines is 1. The van der Waals surface area contributed by atoms with Gasteiger partial charge in [-0.25, -0.2) is 33.4 Å². The molecule has 36 heavy (non-hydrogen) atoms. The van der Waals surface area contributed by atoms with E-state index in [2.05, 4.69) is 25.0 Å². The normalized spacial score (nSPS) is 12.8. The summed E-state index contributed by atoms with van der Waals surface area (Å²) in [5, 5.41) is 4.65. The van der Waals surface area contributed by atoms with Gasteiger partial charge in [0.05, 0.1) is 17.6 Å². The number of nitrogens with zero attached hydrogens (tertiary/aromatic N) is 7. The van der Waals surface area contributed by atoms with E-state index in [0.29, 0.717) is 34.1 Å². The van der Waals surface area contributed by atoms with Crippen molar-refractivity contribution in [1.29, 1.82) is 0 Å². The van der Waals surface area contributed by atoms with Crippen molar-refractivity contribution in [3.8, 4) is 16.8 Å². The zero-order chi connectivity index (χ0) is 25.6. The van der Waals surface area contributed by atoms with Crippen molar-refractivity contribution in [2.45, 2.75) is 25.6 Å². The number of nitrogen functional groups attached to an aromatic ring is 1. The fourth-order valence-electron chi connectivity index (χ4n) is 4.08. The second kappa shape index (κ2) is 8.66. The summed E-state index contributed by atoms with van der Waals surface area (Å²) in [6.07, 6.45) is 4.14. The molecule has 1 unspecified atom stereocenters. The molecule has 184 valence electrons. The highest BCUT2D eigenvalue weighted by atomic mass is 19.4. The van der Waals surface area contributed by atoms with E-state index in [1.807, 2.05) is 6.92 Å². The van der Waals surface area contributed by atoms with Gasteiger partial charge in [-0.3, -0.25) is 0 Å². The predicted octanol–water partition coefficient (Wildman–Crippen LogP) is 4.95. The van der Waals surface area contributed by atoms with E-state index in [4.69, 9.17) is 5.73 Å². The first-order chi connectivity index (χ1) is 17.2. The van der Waals surface area contributed by atoms with Crippen LogP contribution in [0.4, 0.5) is 27.8 Å². The molecular formula is C23H17F5N8. The van der Waals surface area contributed by atoms with Gasteiger partial charge in [-0.15, -0.1) is 0 Å². The van der Waals surface area contributed by atoms with Gasteiger partial charge in [0.25, 0.3) is 0 Å². The minimum absolute atomic E-state index is 0.0732. The molecule has 4 aromatic heterocycles. The fraction of sp³-hybridized carbons (Fsp3) is 0.174. The molecule has 0 spiro atoms. The fourth-order valence-corrected chi connectivity index (χ4v) is 4.08. The summed E-state index contributed by atoms with van der Waals surface area (Å²) in [4.78, 5) is 15.3. The monoisotopic (exact) mass is 500 g/mol. The lowest BCUT2D eigenvalue weighted by atomic mass is 10.1. The summed E-state index contributed by atoms with van der Waals surface area (Å²) in [7, 11) is 0. The molecule has 0 saturated carbocycles. The summed E-state index contributed by atoms with van der Waals surface area (Å²) < 4.78 is 69.5. The van der Waals surface area contributed by atoms with Gasteiger partial charge in [0.2, 0.25) is 5.82 Å². The summed E-state index contributed by atoms with van der Waals surface area (Å²) in [6.45, 7) is 1.91. The van der Waals surface area contributed by atoms with E-state index in [9.17, 15) is 22.0 Å². The van der Waals surface area contributed by atoms with Crippen molar-refractivity contribution < 1.29 is 22.0 Å². The Morgan fingerprint density at radius 2 is 1.75 bits per heavy atom. The van der Waals surface area contributed by atoms with Crippen LogP contribution < -0.4 is 5.73 Å². The summed E-state index contributed by atoms with van der Waals surface area (Å²) in [5.41, 5.74) is 8.07. The first-order valence-electron chi connectivity index (χ1n) is 10.7. The van der Waals surface area contributed by atoms with Gasteiger partial charge in [-0.2, -0.15) is 18.3 Å². The largest absolute Gasteiger partial charge is 0.451 e. The molecule has 8 nitrogen and oxygen atoms in total. The van der Waals surface area contributed by atoms with Crippen molar-refractivity contribution in [1.82, 2.24) is 34.3 Å². The maximum absolute atomic E-state index is 14.3. The van der Waals surface area contributed by atoms with Gasteiger partial charge < -0.3 is 10.3 Å². The third-order valence-electron chi connectivity index (χ3n) is 5.72. The average Bonchev–Trinajstić information content (AvgIpc) is 3.46. The third-order valence-corrected chi connectivity index (χ3v) is 5.72. The number of nitrogens with two attached hydrogens (primary N) is 1. The Morgan fingerprint density at radius 1 is 1.00 bits per heavy atom. The number of hydrogen-bond acceptors (Lipinski definition) is 6. The van der Waals surface area contributed by atoms with Crippen LogP contribution in [0.25, 0.3) is 27.8 Å². The molecule has 0 fully saturated rings. The highest BCUT2D eigenvalue weighted by Crippen LogP contribution is 2.37. The number of aromatic nitrogens is 7.